The van der Waals surface area contributed by atoms with Crippen LogP contribution in [0.4, 0.5) is 0 Å². The van der Waals surface area contributed by atoms with Crippen LogP contribution in [0.3, 0.4) is 0 Å². The molecule has 100 valence electrons. The SMILES string of the molecule is COCCOCCOc1nccc(C)c1C(=N)N. The highest BCUT2D eigenvalue weighted by Gasteiger charge is 2.10. The lowest BCUT2D eigenvalue weighted by atomic mass is 10.1. The van der Waals surface area contributed by atoms with E-state index in [0.717, 1.165) is 5.56 Å². The molecule has 0 bridgehead atoms. The summed E-state index contributed by atoms with van der Waals surface area (Å²) in [4.78, 5) is 4.07. The zero-order valence-corrected chi connectivity index (χ0v) is 10.7. The number of ether oxygens (including phenoxy) is 3. The summed E-state index contributed by atoms with van der Waals surface area (Å²) in [5, 5.41) is 7.50. The van der Waals surface area contributed by atoms with Gasteiger partial charge in [-0.25, -0.2) is 4.98 Å². The highest BCUT2D eigenvalue weighted by molar-refractivity contribution is 5.98. The summed E-state index contributed by atoms with van der Waals surface area (Å²) in [5.74, 6) is 0.328. The lowest BCUT2D eigenvalue weighted by Gasteiger charge is -2.11. The summed E-state index contributed by atoms with van der Waals surface area (Å²) >= 11 is 0. The first-order valence-electron chi connectivity index (χ1n) is 5.66. The monoisotopic (exact) mass is 253 g/mol. The zero-order valence-electron chi connectivity index (χ0n) is 10.7. The van der Waals surface area contributed by atoms with Crippen molar-refractivity contribution in [1.29, 1.82) is 5.41 Å². The first-order valence-corrected chi connectivity index (χ1v) is 5.66. The van der Waals surface area contributed by atoms with Gasteiger partial charge in [-0.15, -0.1) is 0 Å². The molecule has 18 heavy (non-hydrogen) atoms. The van der Waals surface area contributed by atoms with E-state index < -0.39 is 0 Å². The zero-order chi connectivity index (χ0) is 13.4. The second kappa shape index (κ2) is 7.62. The number of pyridine rings is 1. The van der Waals surface area contributed by atoms with Crippen molar-refractivity contribution in [2.75, 3.05) is 33.5 Å². The molecule has 0 spiro atoms. The molecule has 1 aromatic heterocycles. The molecule has 0 atom stereocenters. The molecular formula is C12H19N3O3. The van der Waals surface area contributed by atoms with Crippen LogP contribution in [0.5, 0.6) is 5.88 Å². The number of nitrogens with zero attached hydrogens (tertiary/aromatic N) is 1. The average molecular weight is 253 g/mol. The minimum absolute atomic E-state index is 0.0455. The fraction of sp³-hybridized carbons (Fsp3) is 0.500. The Kier molecular flexibility index (Phi) is 6.10. The van der Waals surface area contributed by atoms with Crippen molar-refractivity contribution in [3.8, 4) is 5.88 Å². The van der Waals surface area contributed by atoms with Crippen molar-refractivity contribution < 1.29 is 14.2 Å². The van der Waals surface area contributed by atoms with Gasteiger partial charge in [0.15, 0.2) is 0 Å². The quantitative estimate of drug-likeness (QED) is 0.404. The molecule has 0 aliphatic rings. The number of aryl methyl sites for hydroxylation is 1. The summed E-state index contributed by atoms with van der Waals surface area (Å²) < 4.78 is 15.6. The molecule has 0 radical (unpaired) electrons. The number of nitrogen functional groups attached to an aromatic ring is 1. The van der Waals surface area contributed by atoms with E-state index in [1.807, 2.05) is 6.92 Å². The number of methoxy groups -OCH3 is 1. The van der Waals surface area contributed by atoms with Gasteiger partial charge < -0.3 is 19.9 Å². The molecule has 0 unspecified atom stereocenters. The number of amidine groups is 1. The lowest BCUT2D eigenvalue weighted by Crippen LogP contribution is -2.17. The summed E-state index contributed by atoms with van der Waals surface area (Å²) in [5.41, 5.74) is 6.91. The molecule has 6 nitrogen and oxygen atoms in total. The van der Waals surface area contributed by atoms with E-state index in [1.54, 1.807) is 19.4 Å². The fourth-order valence-electron chi connectivity index (χ4n) is 1.41. The fourth-order valence-corrected chi connectivity index (χ4v) is 1.41. The van der Waals surface area contributed by atoms with E-state index in [-0.39, 0.29) is 5.84 Å². The number of hydrogen-bond donors (Lipinski definition) is 2. The minimum Gasteiger partial charge on any atom is -0.475 e. The highest BCUT2D eigenvalue weighted by atomic mass is 16.5. The Bertz CT molecular complexity index is 396. The molecule has 0 aliphatic carbocycles. The Morgan fingerprint density at radius 2 is 2.06 bits per heavy atom. The van der Waals surface area contributed by atoms with Crippen LogP contribution in [0.15, 0.2) is 12.3 Å². The van der Waals surface area contributed by atoms with E-state index in [9.17, 15) is 0 Å². The maximum absolute atomic E-state index is 7.50. The summed E-state index contributed by atoms with van der Waals surface area (Å²) in [6.07, 6.45) is 1.63. The van der Waals surface area contributed by atoms with Crippen LogP contribution in [-0.4, -0.2) is 44.4 Å². The van der Waals surface area contributed by atoms with E-state index in [4.69, 9.17) is 25.4 Å². The van der Waals surface area contributed by atoms with Crippen molar-refractivity contribution in [3.63, 3.8) is 0 Å². The maximum atomic E-state index is 7.50. The minimum atomic E-state index is -0.0455. The Morgan fingerprint density at radius 3 is 2.72 bits per heavy atom. The molecule has 0 aromatic carbocycles. The molecule has 0 amide bonds. The van der Waals surface area contributed by atoms with Gasteiger partial charge in [0.05, 0.1) is 25.4 Å². The van der Waals surface area contributed by atoms with Crippen molar-refractivity contribution in [2.24, 2.45) is 5.73 Å². The van der Waals surface area contributed by atoms with E-state index in [1.165, 1.54) is 0 Å². The van der Waals surface area contributed by atoms with Gasteiger partial charge >= 0.3 is 0 Å². The highest BCUT2D eigenvalue weighted by Crippen LogP contribution is 2.17. The molecule has 0 saturated heterocycles. The van der Waals surface area contributed by atoms with Gasteiger partial charge in [-0.3, -0.25) is 5.41 Å². The number of hydrogen-bond acceptors (Lipinski definition) is 5. The third kappa shape index (κ3) is 4.31. The van der Waals surface area contributed by atoms with E-state index in [0.29, 0.717) is 37.9 Å². The predicted molar refractivity (Wildman–Crippen MR) is 68.2 cm³/mol. The second-order valence-corrected chi connectivity index (χ2v) is 3.68. The van der Waals surface area contributed by atoms with Crippen LogP contribution in [0, 0.1) is 12.3 Å². The molecule has 3 N–H and O–H groups in total. The number of rotatable bonds is 8. The van der Waals surface area contributed by atoms with Gasteiger partial charge in [-0.05, 0) is 18.6 Å². The number of aromatic nitrogens is 1. The Labute approximate surface area is 107 Å². The molecule has 0 aliphatic heterocycles. The largest absolute Gasteiger partial charge is 0.475 e. The molecular weight excluding hydrogens is 234 g/mol. The molecule has 1 rings (SSSR count). The topological polar surface area (TPSA) is 90.5 Å². The van der Waals surface area contributed by atoms with Gasteiger partial charge in [-0.1, -0.05) is 0 Å². The summed E-state index contributed by atoms with van der Waals surface area (Å²) in [7, 11) is 1.62. The van der Waals surface area contributed by atoms with Crippen molar-refractivity contribution >= 4 is 5.84 Å². The van der Waals surface area contributed by atoms with Gasteiger partial charge in [0.25, 0.3) is 0 Å². The van der Waals surface area contributed by atoms with Gasteiger partial charge in [0.2, 0.25) is 5.88 Å². The van der Waals surface area contributed by atoms with Crippen LogP contribution in [0.2, 0.25) is 0 Å². The van der Waals surface area contributed by atoms with E-state index >= 15 is 0 Å². The Morgan fingerprint density at radius 1 is 1.33 bits per heavy atom. The Balaban J connectivity index is 2.47. The van der Waals surface area contributed by atoms with Gasteiger partial charge in [0.1, 0.15) is 12.4 Å². The molecule has 0 saturated carbocycles. The van der Waals surface area contributed by atoms with Crippen LogP contribution >= 0.6 is 0 Å². The standard InChI is InChI=1S/C12H19N3O3/c1-9-3-4-15-12(10(9)11(13)14)18-8-7-17-6-5-16-2/h3-4H,5-8H2,1-2H3,(H3,13,14). The third-order valence-electron chi connectivity index (χ3n) is 2.29. The summed E-state index contributed by atoms with van der Waals surface area (Å²) in [6, 6.07) is 1.79. The molecule has 1 aromatic rings. The van der Waals surface area contributed by atoms with Crippen molar-refractivity contribution in [1.82, 2.24) is 4.98 Å². The normalized spacial score (nSPS) is 10.3. The molecule has 0 fully saturated rings. The van der Waals surface area contributed by atoms with Crippen LogP contribution < -0.4 is 10.5 Å². The van der Waals surface area contributed by atoms with E-state index in [2.05, 4.69) is 4.98 Å². The van der Waals surface area contributed by atoms with Gasteiger partial charge in [0, 0.05) is 13.3 Å². The number of nitrogens with one attached hydrogen (secondary N) is 1. The maximum Gasteiger partial charge on any atom is 0.224 e. The van der Waals surface area contributed by atoms with Crippen LogP contribution in [0.1, 0.15) is 11.1 Å². The van der Waals surface area contributed by atoms with Crippen LogP contribution in [-0.2, 0) is 9.47 Å². The third-order valence-corrected chi connectivity index (χ3v) is 2.29. The van der Waals surface area contributed by atoms with Gasteiger partial charge in [-0.2, -0.15) is 0 Å². The summed E-state index contributed by atoms with van der Waals surface area (Å²) in [6.45, 7) is 3.75. The molecule has 6 heteroatoms. The van der Waals surface area contributed by atoms with Crippen molar-refractivity contribution in [2.45, 2.75) is 6.92 Å². The molecule has 1 heterocycles. The lowest BCUT2D eigenvalue weighted by molar-refractivity contribution is 0.0536. The number of nitrogens with two attached hydrogens (primary N) is 1. The smallest absolute Gasteiger partial charge is 0.224 e. The van der Waals surface area contributed by atoms with Crippen LogP contribution in [0.25, 0.3) is 0 Å². The second-order valence-electron chi connectivity index (χ2n) is 3.68. The van der Waals surface area contributed by atoms with Crippen molar-refractivity contribution in [3.05, 3.63) is 23.4 Å². The predicted octanol–water partition coefficient (Wildman–Crippen LogP) is 0.716. The first kappa shape index (κ1) is 14.4. The first-order chi connectivity index (χ1) is 8.66. The Hall–Kier alpha value is -1.66. The average Bonchev–Trinajstić information content (AvgIpc) is 2.33.